The van der Waals surface area contributed by atoms with Crippen LogP contribution in [0.1, 0.15) is 82.1 Å². The number of nitrogens with zero attached hydrogens (tertiary/aromatic N) is 1. The number of hydrogen-bond donors (Lipinski definition) is 2. The molecule has 8 heteroatoms. The third kappa shape index (κ3) is 5.64. The van der Waals surface area contributed by atoms with Crippen LogP contribution in [0.3, 0.4) is 0 Å². The van der Waals surface area contributed by atoms with Crippen molar-refractivity contribution in [3.05, 3.63) is 57.0 Å². The molecule has 1 aromatic heterocycles. The van der Waals surface area contributed by atoms with E-state index in [1.165, 1.54) is 0 Å². The summed E-state index contributed by atoms with van der Waals surface area (Å²) >= 11 is 1.55. The molecule has 1 aromatic carbocycles. The minimum absolute atomic E-state index is 0.189. The number of aromatic nitrogens is 1. The Hall–Kier alpha value is -2.39. The average molecular weight is 542 g/mol. The number of hydrogen-bond acceptors (Lipinski definition) is 8. The predicted molar refractivity (Wildman–Crippen MR) is 147 cm³/mol. The number of fused-ring (bicyclic) bond motifs is 4. The van der Waals surface area contributed by atoms with Crippen molar-refractivity contribution in [1.82, 2.24) is 4.98 Å². The number of rotatable bonds is 2. The van der Waals surface area contributed by atoms with Gasteiger partial charge in [-0.3, -0.25) is 9.59 Å². The summed E-state index contributed by atoms with van der Waals surface area (Å²) in [5.41, 5.74) is 1.69. The molecule has 1 saturated heterocycles. The summed E-state index contributed by atoms with van der Waals surface area (Å²) in [4.78, 5) is 31.0. The number of cyclic esters (lactones) is 1. The lowest BCUT2D eigenvalue weighted by Crippen LogP contribution is -2.45. The second-order valence-corrected chi connectivity index (χ2v) is 12.7. The van der Waals surface area contributed by atoms with Crippen LogP contribution in [0.25, 0.3) is 6.08 Å². The number of benzene rings is 1. The van der Waals surface area contributed by atoms with Crippen molar-refractivity contribution < 1.29 is 29.3 Å². The van der Waals surface area contributed by atoms with Gasteiger partial charge in [0.05, 0.1) is 40.8 Å². The molecule has 2 aliphatic rings. The highest BCUT2D eigenvalue weighted by Gasteiger charge is 2.55. The first-order chi connectivity index (χ1) is 17.7. The van der Waals surface area contributed by atoms with Crippen molar-refractivity contribution >= 4 is 29.2 Å². The molecule has 2 aromatic rings. The molecule has 0 aliphatic carbocycles. The lowest BCUT2D eigenvalue weighted by molar-refractivity contribution is -0.154. The van der Waals surface area contributed by atoms with Crippen molar-refractivity contribution in [2.24, 2.45) is 11.3 Å². The molecule has 7 nitrogen and oxygen atoms in total. The fraction of sp³-hybridized carbons (Fsp3) is 0.567. The van der Waals surface area contributed by atoms with Gasteiger partial charge in [-0.15, -0.1) is 11.3 Å². The highest BCUT2D eigenvalue weighted by Crippen LogP contribution is 2.49. The Labute approximate surface area is 228 Å². The lowest BCUT2D eigenvalue weighted by atomic mass is 9.72. The van der Waals surface area contributed by atoms with E-state index in [-0.39, 0.29) is 24.2 Å². The Morgan fingerprint density at radius 3 is 2.53 bits per heavy atom. The second kappa shape index (κ2) is 10.6. The van der Waals surface area contributed by atoms with Crippen molar-refractivity contribution in [1.29, 1.82) is 0 Å². The molecular weight excluding hydrogens is 502 g/mol. The van der Waals surface area contributed by atoms with Gasteiger partial charge in [0.15, 0.2) is 0 Å². The number of carbonyl (C=O) groups excluding carboxylic acids is 2. The van der Waals surface area contributed by atoms with Crippen LogP contribution in [0.4, 0.5) is 0 Å². The number of thiazole rings is 1. The van der Waals surface area contributed by atoms with E-state index >= 15 is 0 Å². The number of epoxide rings is 1. The molecule has 2 bridgehead atoms. The number of Topliss-reactive ketones (excluding diaryl/α,β-unsaturated/α-hetero) is 1. The number of ether oxygens (including phenoxy) is 2. The van der Waals surface area contributed by atoms with Crippen molar-refractivity contribution in [2.75, 3.05) is 0 Å². The fourth-order valence-electron chi connectivity index (χ4n) is 5.37. The van der Waals surface area contributed by atoms with Crippen LogP contribution in [-0.2, 0) is 24.7 Å². The highest BCUT2D eigenvalue weighted by atomic mass is 32.1. The maximum absolute atomic E-state index is 13.4. The van der Waals surface area contributed by atoms with Crippen LogP contribution in [0, 0.1) is 18.3 Å². The van der Waals surface area contributed by atoms with Crippen molar-refractivity contribution in [3.8, 4) is 0 Å². The van der Waals surface area contributed by atoms with E-state index in [0.717, 1.165) is 27.4 Å². The molecule has 2 aliphatic heterocycles. The van der Waals surface area contributed by atoms with Crippen LogP contribution < -0.4 is 0 Å². The summed E-state index contributed by atoms with van der Waals surface area (Å²) in [5, 5.41) is 25.0. The largest absolute Gasteiger partial charge is 0.458 e. The Balaban J connectivity index is 1.72. The Kier molecular flexibility index (Phi) is 8.01. The molecule has 38 heavy (non-hydrogen) atoms. The summed E-state index contributed by atoms with van der Waals surface area (Å²) < 4.78 is 12.1. The standard InChI is InChI=1S/C30H39NO6S/c1-16(11-22-15-38-19(4)31-22)23-13-25-30(7,37-25)21-10-8-9-20(12-21)17(2)27(34)18(3)28(35)29(5,6)24(32)14-26(33)36-23/h8-12,15,17-18,23-25,27,32,34H,13-14H2,1-7H3/t17-,18+,23-,24-,25+,27-,30-/m0/s1. The van der Waals surface area contributed by atoms with Crippen molar-refractivity contribution in [3.63, 3.8) is 0 Å². The van der Waals surface area contributed by atoms with Crippen LogP contribution in [0.15, 0.2) is 35.2 Å². The van der Waals surface area contributed by atoms with Crippen LogP contribution in [0.2, 0.25) is 0 Å². The van der Waals surface area contributed by atoms with Crippen LogP contribution >= 0.6 is 11.3 Å². The monoisotopic (exact) mass is 541 g/mol. The van der Waals surface area contributed by atoms with Crippen LogP contribution in [-0.4, -0.2) is 51.4 Å². The quantitative estimate of drug-likeness (QED) is 0.410. The molecule has 4 rings (SSSR count). The van der Waals surface area contributed by atoms with E-state index in [9.17, 15) is 19.8 Å². The summed E-state index contributed by atoms with van der Waals surface area (Å²) in [6.07, 6.45) is -0.987. The lowest BCUT2D eigenvalue weighted by Gasteiger charge is -2.34. The van der Waals surface area contributed by atoms with Gasteiger partial charge < -0.3 is 19.7 Å². The predicted octanol–water partition coefficient (Wildman–Crippen LogP) is 4.93. The first-order valence-corrected chi connectivity index (χ1v) is 14.1. The summed E-state index contributed by atoms with van der Waals surface area (Å²) in [6.45, 7) is 12.7. The fourth-order valence-corrected chi connectivity index (χ4v) is 5.94. The van der Waals surface area contributed by atoms with Gasteiger partial charge in [0.1, 0.15) is 17.5 Å². The van der Waals surface area contributed by atoms with Gasteiger partial charge in [0, 0.05) is 23.6 Å². The van der Waals surface area contributed by atoms with Crippen LogP contribution in [0.5, 0.6) is 0 Å². The summed E-state index contributed by atoms with van der Waals surface area (Å²) in [5.74, 6) is -1.96. The first kappa shape index (κ1) is 28.6. The number of carbonyl (C=O) groups is 2. The molecular formula is C30H39NO6S. The molecule has 3 heterocycles. The number of aliphatic hydroxyl groups excluding tert-OH is 2. The van der Waals surface area contributed by atoms with E-state index in [2.05, 4.69) is 4.98 Å². The Morgan fingerprint density at radius 2 is 1.87 bits per heavy atom. The maximum Gasteiger partial charge on any atom is 0.309 e. The zero-order valence-electron chi connectivity index (χ0n) is 23.2. The van der Waals surface area contributed by atoms with Gasteiger partial charge in [-0.1, -0.05) is 52.0 Å². The van der Waals surface area contributed by atoms with Gasteiger partial charge in [0.2, 0.25) is 0 Å². The SMILES string of the molecule is CC(=Cc1csc(C)n1)[C@@H]1C[C@H]2O[C@@]2(C)c2cccc(c2)[C@H](C)[C@H](O)[C@@H](C)C(=O)C(C)(C)[C@@H](O)CC(=O)O1. The van der Waals surface area contributed by atoms with Gasteiger partial charge in [0.25, 0.3) is 0 Å². The summed E-state index contributed by atoms with van der Waals surface area (Å²) in [6, 6.07) is 7.92. The molecule has 0 amide bonds. The molecule has 0 spiro atoms. The third-order valence-corrected chi connectivity index (χ3v) is 9.21. The first-order valence-electron chi connectivity index (χ1n) is 13.2. The summed E-state index contributed by atoms with van der Waals surface area (Å²) in [7, 11) is 0. The molecule has 0 unspecified atom stereocenters. The van der Waals surface area contributed by atoms with E-state index in [1.54, 1.807) is 32.1 Å². The molecule has 1 fully saturated rings. The smallest absolute Gasteiger partial charge is 0.309 e. The number of esters is 1. The maximum atomic E-state index is 13.4. The molecule has 0 radical (unpaired) electrons. The van der Waals surface area contributed by atoms with E-state index in [0.29, 0.717) is 6.42 Å². The van der Waals surface area contributed by atoms with E-state index in [1.807, 2.05) is 63.4 Å². The zero-order valence-corrected chi connectivity index (χ0v) is 24.0. The normalized spacial score (nSPS) is 34.4. The van der Waals surface area contributed by atoms with Crippen molar-refractivity contribution in [2.45, 2.75) is 97.2 Å². The number of aliphatic hydroxyl groups is 2. The third-order valence-electron chi connectivity index (χ3n) is 8.42. The molecule has 0 saturated carbocycles. The zero-order chi connectivity index (χ0) is 28.0. The molecule has 206 valence electrons. The highest BCUT2D eigenvalue weighted by molar-refractivity contribution is 7.09. The number of ketones is 1. The molecule has 7 atom stereocenters. The second-order valence-electron chi connectivity index (χ2n) is 11.6. The minimum Gasteiger partial charge on any atom is -0.458 e. The van der Waals surface area contributed by atoms with Gasteiger partial charge in [-0.2, -0.15) is 0 Å². The topological polar surface area (TPSA) is 109 Å². The minimum atomic E-state index is -1.27. The number of aryl methyl sites for hydroxylation is 1. The van der Waals surface area contributed by atoms with E-state index < -0.39 is 41.2 Å². The average Bonchev–Trinajstić information content (AvgIpc) is 3.36. The van der Waals surface area contributed by atoms with Gasteiger partial charge >= 0.3 is 5.97 Å². The Morgan fingerprint density at radius 1 is 1.16 bits per heavy atom. The Bertz CT molecular complexity index is 1230. The molecule has 2 N–H and O–H groups in total. The van der Waals surface area contributed by atoms with Gasteiger partial charge in [-0.05, 0) is 43.5 Å². The van der Waals surface area contributed by atoms with Gasteiger partial charge in [-0.25, -0.2) is 4.98 Å². The van der Waals surface area contributed by atoms with E-state index in [4.69, 9.17) is 9.47 Å².